The highest BCUT2D eigenvalue weighted by molar-refractivity contribution is 7.91. The Bertz CT molecular complexity index is 1110. The molecule has 3 atom stereocenters. The maximum absolute atomic E-state index is 12.6. The summed E-state index contributed by atoms with van der Waals surface area (Å²) in [4.78, 5) is 12.6. The summed E-state index contributed by atoms with van der Waals surface area (Å²) in [5.74, 6) is 0.892. The summed E-state index contributed by atoms with van der Waals surface area (Å²) in [6.07, 6.45) is 3.43. The van der Waals surface area contributed by atoms with E-state index in [-0.39, 0.29) is 23.7 Å². The molecule has 1 aliphatic carbocycles. The standard InChI is InChI=1S/C25H31N3O3S2/c1-17(2)23-12-21(13-24(29)27-15-20-8-6-19(14-26)7-9-20)18(3)11-22(23)16-28-33(30,31)25-5-4-10-32-25/h4-11,17,21-23,28H,12-13,15-16H2,1-3H3,(H,27,29)/t21-,22-,23-/m0/s1. The van der Waals surface area contributed by atoms with Crippen LogP contribution in [0.3, 0.4) is 0 Å². The molecule has 1 amide bonds. The van der Waals surface area contributed by atoms with Gasteiger partial charge in [0.05, 0.1) is 11.6 Å². The zero-order valence-corrected chi connectivity index (χ0v) is 20.9. The molecule has 0 aliphatic heterocycles. The van der Waals surface area contributed by atoms with E-state index in [2.05, 4.69) is 36.0 Å². The maximum Gasteiger partial charge on any atom is 0.250 e. The summed E-state index contributed by atoms with van der Waals surface area (Å²) in [6, 6.07) is 12.6. The summed E-state index contributed by atoms with van der Waals surface area (Å²) in [5, 5.41) is 13.6. The maximum atomic E-state index is 12.6. The van der Waals surface area contributed by atoms with E-state index in [0.29, 0.717) is 35.2 Å². The zero-order valence-electron chi connectivity index (χ0n) is 19.2. The number of nitrogens with one attached hydrogen (secondary N) is 2. The van der Waals surface area contributed by atoms with Gasteiger partial charge in [0.1, 0.15) is 4.21 Å². The van der Waals surface area contributed by atoms with Gasteiger partial charge in [-0.2, -0.15) is 5.26 Å². The lowest BCUT2D eigenvalue weighted by atomic mass is 9.70. The van der Waals surface area contributed by atoms with Crippen molar-refractivity contribution in [1.29, 1.82) is 5.26 Å². The third-order valence-electron chi connectivity index (χ3n) is 6.36. The van der Waals surface area contributed by atoms with E-state index in [1.165, 1.54) is 11.3 Å². The molecular formula is C25H31N3O3S2. The van der Waals surface area contributed by atoms with Gasteiger partial charge < -0.3 is 5.32 Å². The van der Waals surface area contributed by atoms with Crippen LogP contribution >= 0.6 is 11.3 Å². The van der Waals surface area contributed by atoms with E-state index < -0.39 is 10.0 Å². The van der Waals surface area contributed by atoms with Crippen LogP contribution in [0.1, 0.15) is 44.7 Å². The van der Waals surface area contributed by atoms with Crippen LogP contribution in [-0.2, 0) is 21.4 Å². The first-order valence-corrected chi connectivity index (χ1v) is 13.5. The van der Waals surface area contributed by atoms with E-state index >= 15 is 0 Å². The molecule has 6 nitrogen and oxygen atoms in total. The molecule has 1 aliphatic rings. The van der Waals surface area contributed by atoms with Crippen LogP contribution in [0.4, 0.5) is 0 Å². The number of amides is 1. The first kappa shape index (κ1) is 25.2. The van der Waals surface area contributed by atoms with Gasteiger partial charge in [-0.05, 0) is 66.2 Å². The number of sulfonamides is 1. The first-order valence-electron chi connectivity index (χ1n) is 11.2. The first-order chi connectivity index (χ1) is 15.7. The molecule has 176 valence electrons. The molecule has 3 rings (SSSR count). The largest absolute Gasteiger partial charge is 0.352 e. The number of nitriles is 1. The predicted octanol–water partition coefficient (Wildman–Crippen LogP) is 4.46. The topological polar surface area (TPSA) is 99.1 Å². The Morgan fingerprint density at radius 1 is 1.24 bits per heavy atom. The van der Waals surface area contributed by atoms with Gasteiger partial charge in [0.2, 0.25) is 15.9 Å². The highest BCUT2D eigenvalue weighted by atomic mass is 32.2. The van der Waals surface area contributed by atoms with Gasteiger partial charge >= 0.3 is 0 Å². The predicted molar refractivity (Wildman–Crippen MR) is 131 cm³/mol. The molecule has 8 heteroatoms. The molecule has 33 heavy (non-hydrogen) atoms. The van der Waals surface area contributed by atoms with Gasteiger partial charge in [-0.25, -0.2) is 13.1 Å². The molecule has 0 saturated heterocycles. The van der Waals surface area contributed by atoms with Crippen LogP contribution in [-0.4, -0.2) is 20.9 Å². The van der Waals surface area contributed by atoms with Crippen molar-refractivity contribution in [2.45, 2.75) is 44.4 Å². The second-order valence-corrected chi connectivity index (χ2v) is 11.9. The highest BCUT2D eigenvalue weighted by Gasteiger charge is 2.33. The van der Waals surface area contributed by atoms with Crippen LogP contribution in [0.5, 0.6) is 0 Å². The summed E-state index contributed by atoms with van der Waals surface area (Å²) >= 11 is 1.21. The van der Waals surface area contributed by atoms with E-state index in [1.54, 1.807) is 29.6 Å². The van der Waals surface area contributed by atoms with Crippen molar-refractivity contribution in [2.75, 3.05) is 6.54 Å². The lowest BCUT2D eigenvalue weighted by molar-refractivity contribution is -0.122. The second-order valence-electron chi connectivity index (χ2n) is 8.99. The number of thiophene rings is 1. The molecule has 1 aromatic heterocycles. The minimum atomic E-state index is -3.50. The van der Waals surface area contributed by atoms with Crippen molar-refractivity contribution in [3.05, 3.63) is 64.6 Å². The summed E-state index contributed by atoms with van der Waals surface area (Å²) in [5.41, 5.74) is 2.69. The van der Waals surface area contributed by atoms with Gasteiger partial charge in [0, 0.05) is 19.5 Å². The normalized spacial score (nSPS) is 20.8. The smallest absolute Gasteiger partial charge is 0.250 e. The number of benzene rings is 1. The van der Waals surface area contributed by atoms with Crippen molar-refractivity contribution >= 4 is 27.3 Å². The monoisotopic (exact) mass is 485 g/mol. The highest BCUT2D eigenvalue weighted by Crippen LogP contribution is 2.39. The number of hydrogen-bond acceptors (Lipinski definition) is 5. The average Bonchev–Trinajstić information content (AvgIpc) is 3.34. The zero-order chi connectivity index (χ0) is 24.0. The van der Waals surface area contributed by atoms with Crippen LogP contribution in [0, 0.1) is 35.0 Å². The van der Waals surface area contributed by atoms with Crippen molar-refractivity contribution in [1.82, 2.24) is 10.0 Å². The van der Waals surface area contributed by atoms with Crippen LogP contribution in [0.2, 0.25) is 0 Å². The SMILES string of the molecule is CC1=C[C@@H](CNS(=O)(=O)c2cccs2)[C@H](C(C)C)C[C@H]1CC(=O)NCc1ccc(C#N)cc1. The molecule has 1 heterocycles. The van der Waals surface area contributed by atoms with E-state index in [0.717, 1.165) is 17.6 Å². The lowest BCUT2D eigenvalue weighted by Gasteiger charge is -2.37. The summed E-state index contributed by atoms with van der Waals surface area (Å²) < 4.78 is 28.2. The van der Waals surface area contributed by atoms with E-state index in [1.807, 2.05) is 19.1 Å². The summed E-state index contributed by atoms with van der Waals surface area (Å²) in [6.45, 7) is 7.14. The Kier molecular flexibility index (Phi) is 8.46. The van der Waals surface area contributed by atoms with Crippen molar-refractivity contribution in [3.63, 3.8) is 0 Å². The van der Waals surface area contributed by atoms with Crippen molar-refractivity contribution in [3.8, 4) is 6.07 Å². The van der Waals surface area contributed by atoms with Crippen LogP contribution < -0.4 is 10.0 Å². The van der Waals surface area contributed by atoms with Gasteiger partial charge in [-0.1, -0.05) is 43.7 Å². The Morgan fingerprint density at radius 2 is 1.97 bits per heavy atom. The molecule has 0 unspecified atom stereocenters. The van der Waals surface area contributed by atoms with E-state index in [9.17, 15) is 13.2 Å². The number of carbonyl (C=O) groups is 1. The summed E-state index contributed by atoms with van der Waals surface area (Å²) in [7, 11) is -3.50. The molecule has 0 bridgehead atoms. The Morgan fingerprint density at radius 3 is 2.58 bits per heavy atom. The van der Waals surface area contributed by atoms with E-state index in [4.69, 9.17) is 5.26 Å². The van der Waals surface area contributed by atoms with Crippen LogP contribution in [0.25, 0.3) is 0 Å². The third kappa shape index (κ3) is 6.76. The van der Waals surface area contributed by atoms with Crippen molar-refractivity contribution < 1.29 is 13.2 Å². The Labute approximate surface area is 200 Å². The third-order valence-corrected chi connectivity index (χ3v) is 9.18. The number of carbonyl (C=O) groups excluding carboxylic acids is 1. The molecule has 2 N–H and O–H groups in total. The lowest BCUT2D eigenvalue weighted by Crippen LogP contribution is -2.37. The quantitative estimate of drug-likeness (QED) is 0.512. The molecule has 1 aromatic carbocycles. The fourth-order valence-electron chi connectivity index (χ4n) is 4.39. The molecule has 0 fully saturated rings. The molecule has 2 aromatic rings. The number of nitrogens with zero attached hydrogens (tertiary/aromatic N) is 1. The second kappa shape index (κ2) is 11.1. The molecule has 0 spiro atoms. The van der Waals surface area contributed by atoms with Gasteiger partial charge in [0.25, 0.3) is 0 Å². The molecular weight excluding hydrogens is 454 g/mol. The average molecular weight is 486 g/mol. The Hall–Kier alpha value is -2.47. The molecule has 0 saturated carbocycles. The van der Waals surface area contributed by atoms with Crippen LogP contribution in [0.15, 0.2) is 57.6 Å². The minimum absolute atomic E-state index is 0.00327. The van der Waals surface area contributed by atoms with Gasteiger partial charge in [0.15, 0.2) is 0 Å². The number of hydrogen-bond donors (Lipinski definition) is 2. The Balaban J connectivity index is 1.60. The fourth-order valence-corrected chi connectivity index (χ4v) is 6.51. The fraction of sp³-hybridized carbons (Fsp3) is 0.440. The number of allylic oxidation sites excluding steroid dienone is 1. The molecule has 0 radical (unpaired) electrons. The van der Waals surface area contributed by atoms with Gasteiger partial charge in [-0.15, -0.1) is 11.3 Å². The minimum Gasteiger partial charge on any atom is -0.352 e. The number of rotatable bonds is 9. The van der Waals surface area contributed by atoms with Gasteiger partial charge in [-0.3, -0.25) is 4.79 Å². The van der Waals surface area contributed by atoms with Crippen molar-refractivity contribution in [2.24, 2.45) is 23.7 Å².